The van der Waals surface area contributed by atoms with Gasteiger partial charge in [0, 0.05) is 5.69 Å². The van der Waals surface area contributed by atoms with E-state index >= 15 is 0 Å². The molecule has 0 saturated carbocycles. The van der Waals surface area contributed by atoms with Crippen molar-refractivity contribution in [1.82, 2.24) is 9.88 Å². The molecule has 1 aliphatic carbocycles. The third-order valence-electron chi connectivity index (χ3n) is 5.02. The fourth-order valence-corrected chi connectivity index (χ4v) is 5.21. The maximum atomic E-state index is 12.6. The van der Waals surface area contributed by atoms with Gasteiger partial charge in [0.05, 0.1) is 6.04 Å². The molecule has 0 bridgehead atoms. The summed E-state index contributed by atoms with van der Waals surface area (Å²) in [4.78, 5) is 12.5. The minimum absolute atomic E-state index is 0.0348. The lowest BCUT2D eigenvalue weighted by atomic mass is 10.1. The van der Waals surface area contributed by atoms with Gasteiger partial charge in [-0.2, -0.15) is 4.72 Å². The smallest absolute Gasteiger partial charge is 0.246 e. The first-order valence-corrected chi connectivity index (χ1v) is 10.7. The van der Waals surface area contributed by atoms with Gasteiger partial charge in [0.2, 0.25) is 15.9 Å². The van der Waals surface area contributed by atoms with Gasteiger partial charge in [-0.05, 0) is 61.6 Å². The monoisotopic (exact) mass is 411 g/mol. The highest BCUT2D eigenvalue weighted by Gasteiger charge is 2.28. The lowest BCUT2D eigenvalue weighted by molar-refractivity contribution is -0.117. The molecule has 29 heavy (non-hydrogen) atoms. The van der Waals surface area contributed by atoms with Crippen LogP contribution >= 0.6 is 0 Å². The van der Waals surface area contributed by atoms with Gasteiger partial charge in [-0.15, -0.1) is 0 Å². The number of hydrogen-bond acceptors (Lipinski definition) is 5. The summed E-state index contributed by atoms with van der Waals surface area (Å²) in [5.74, 6) is -0.267. The highest BCUT2D eigenvalue weighted by molar-refractivity contribution is 7.89. The lowest BCUT2D eigenvalue weighted by Gasteiger charge is -2.15. The van der Waals surface area contributed by atoms with Gasteiger partial charge in [0.15, 0.2) is 5.76 Å². The van der Waals surface area contributed by atoms with Crippen LogP contribution in [0, 0.1) is 13.8 Å². The molecule has 1 aliphatic rings. The molecule has 4 rings (SSSR count). The number of nitrogens with zero attached hydrogens (tertiary/aromatic N) is 1. The fourth-order valence-electron chi connectivity index (χ4n) is 3.68. The van der Waals surface area contributed by atoms with Crippen LogP contribution in [0.4, 0.5) is 5.69 Å². The Hall–Kier alpha value is -2.97. The summed E-state index contributed by atoms with van der Waals surface area (Å²) in [5, 5.41) is 6.45. The van der Waals surface area contributed by atoms with E-state index in [1.54, 1.807) is 6.92 Å². The average molecular weight is 411 g/mol. The second kappa shape index (κ2) is 7.13. The van der Waals surface area contributed by atoms with Crippen molar-refractivity contribution < 1.29 is 17.7 Å². The van der Waals surface area contributed by atoms with E-state index in [-0.39, 0.29) is 16.3 Å². The zero-order chi connectivity index (χ0) is 20.8. The van der Waals surface area contributed by atoms with Gasteiger partial charge < -0.3 is 9.84 Å². The van der Waals surface area contributed by atoms with Gasteiger partial charge in [0.1, 0.15) is 10.6 Å². The molecule has 0 fully saturated rings. The third-order valence-corrected chi connectivity index (χ3v) is 6.81. The molecule has 1 atom stereocenters. The number of anilines is 1. The number of aryl methyl sites for hydroxylation is 2. The quantitative estimate of drug-likeness (QED) is 0.525. The average Bonchev–Trinajstić information content (AvgIpc) is 3.20. The number of rotatable bonds is 5. The van der Waals surface area contributed by atoms with Crippen molar-refractivity contribution in [3.8, 4) is 11.1 Å². The van der Waals surface area contributed by atoms with Gasteiger partial charge in [-0.3, -0.25) is 4.79 Å². The molecule has 1 aromatic heterocycles. The van der Waals surface area contributed by atoms with Gasteiger partial charge in [0.25, 0.3) is 0 Å². The number of sulfonamides is 1. The fraction of sp³-hybridized carbons (Fsp3) is 0.238. The number of nitrogens with one attached hydrogen (secondary N) is 2. The van der Waals surface area contributed by atoms with E-state index in [0.717, 1.165) is 17.5 Å². The normalized spacial score (nSPS) is 13.6. The maximum absolute atomic E-state index is 12.6. The van der Waals surface area contributed by atoms with Crippen LogP contribution in [0.15, 0.2) is 51.9 Å². The Morgan fingerprint density at radius 1 is 1.10 bits per heavy atom. The summed E-state index contributed by atoms with van der Waals surface area (Å²) in [6, 6.07) is 13.0. The summed E-state index contributed by atoms with van der Waals surface area (Å²) in [6.07, 6.45) is 0.809. The molecule has 0 saturated heterocycles. The summed E-state index contributed by atoms with van der Waals surface area (Å²) in [6.45, 7) is 4.55. The van der Waals surface area contributed by atoms with Crippen molar-refractivity contribution in [2.45, 2.75) is 38.1 Å². The number of amides is 1. The summed E-state index contributed by atoms with van der Waals surface area (Å²) in [7, 11) is -3.93. The first-order chi connectivity index (χ1) is 13.8. The van der Waals surface area contributed by atoms with Crippen LogP contribution in [-0.4, -0.2) is 25.5 Å². The van der Waals surface area contributed by atoms with Crippen LogP contribution in [0.1, 0.15) is 29.5 Å². The molecule has 3 aromatic rings. The number of fused-ring (bicyclic) bond motifs is 3. The van der Waals surface area contributed by atoms with Crippen LogP contribution < -0.4 is 10.0 Å². The third kappa shape index (κ3) is 3.56. The molecular formula is C21H21N3O4S. The molecule has 2 aromatic carbocycles. The van der Waals surface area contributed by atoms with Crippen LogP contribution in [0.5, 0.6) is 0 Å². The van der Waals surface area contributed by atoms with Crippen molar-refractivity contribution in [1.29, 1.82) is 0 Å². The number of aromatic nitrogens is 1. The molecule has 0 radical (unpaired) electrons. The Morgan fingerprint density at radius 3 is 2.55 bits per heavy atom. The summed E-state index contributed by atoms with van der Waals surface area (Å²) in [5.41, 5.74) is 5.64. The standard InChI is InChI=1S/C21H21N3O4S/c1-12-20(14(3)28-23-12)29(26,27)24-13(2)21(25)22-17-8-9-19-16(11-17)10-15-6-4-5-7-18(15)19/h4-9,11,13,24H,10H2,1-3H3,(H,22,25)/t13-/m1/s1. The molecule has 0 unspecified atom stereocenters. The predicted molar refractivity (Wildman–Crippen MR) is 109 cm³/mol. The summed E-state index contributed by atoms with van der Waals surface area (Å²) >= 11 is 0. The lowest BCUT2D eigenvalue weighted by Crippen LogP contribution is -2.41. The largest absolute Gasteiger partial charge is 0.360 e. The van der Waals surface area contributed by atoms with Crippen molar-refractivity contribution in [3.05, 3.63) is 65.0 Å². The number of carbonyl (C=O) groups excluding carboxylic acids is 1. The second-order valence-corrected chi connectivity index (χ2v) is 8.84. The molecule has 7 nitrogen and oxygen atoms in total. The van der Waals surface area contributed by atoms with Crippen LogP contribution in [-0.2, 0) is 21.2 Å². The molecule has 0 aliphatic heterocycles. The predicted octanol–water partition coefficient (Wildman–Crippen LogP) is 3.17. The van der Waals surface area contributed by atoms with Gasteiger partial charge in [-0.25, -0.2) is 8.42 Å². The number of hydrogen-bond donors (Lipinski definition) is 2. The minimum atomic E-state index is -3.93. The van der Waals surface area contributed by atoms with Crippen molar-refractivity contribution in [2.75, 3.05) is 5.32 Å². The van der Waals surface area contributed by atoms with E-state index in [1.165, 1.54) is 25.0 Å². The molecule has 150 valence electrons. The molecular weight excluding hydrogens is 390 g/mol. The Balaban J connectivity index is 1.48. The second-order valence-electron chi connectivity index (χ2n) is 7.19. The van der Waals surface area contributed by atoms with Crippen molar-refractivity contribution in [2.24, 2.45) is 0 Å². The Morgan fingerprint density at radius 2 is 1.83 bits per heavy atom. The first-order valence-electron chi connectivity index (χ1n) is 9.23. The Kier molecular flexibility index (Phi) is 4.76. The minimum Gasteiger partial charge on any atom is -0.360 e. The van der Waals surface area contributed by atoms with E-state index in [2.05, 4.69) is 27.3 Å². The molecule has 1 heterocycles. The van der Waals surface area contributed by atoms with E-state index in [4.69, 9.17) is 4.52 Å². The highest BCUT2D eigenvalue weighted by atomic mass is 32.2. The molecule has 2 N–H and O–H groups in total. The van der Waals surface area contributed by atoms with Crippen LogP contribution in [0.3, 0.4) is 0 Å². The molecule has 8 heteroatoms. The van der Waals surface area contributed by atoms with Gasteiger partial charge >= 0.3 is 0 Å². The zero-order valence-corrected chi connectivity index (χ0v) is 17.1. The number of benzene rings is 2. The first kappa shape index (κ1) is 19.4. The summed E-state index contributed by atoms with van der Waals surface area (Å²) < 4.78 is 32.5. The Labute approximate surface area is 169 Å². The number of carbonyl (C=O) groups is 1. The maximum Gasteiger partial charge on any atom is 0.246 e. The topological polar surface area (TPSA) is 101 Å². The van der Waals surface area contributed by atoms with Crippen molar-refractivity contribution >= 4 is 21.6 Å². The van der Waals surface area contributed by atoms with E-state index in [0.29, 0.717) is 5.69 Å². The molecule has 0 spiro atoms. The highest BCUT2D eigenvalue weighted by Crippen LogP contribution is 2.37. The van der Waals surface area contributed by atoms with Crippen molar-refractivity contribution in [3.63, 3.8) is 0 Å². The van der Waals surface area contributed by atoms with Crippen LogP contribution in [0.25, 0.3) is 11.1 Å². The SMILES string of the molecule is Cc1noc(C)c1S(=O)(=O)N[C@H](C)C(=O)Nc1ccc2c(c1)Cc1ccccc1-2. The van der Waals surface area contributed by atoms with Gasteiger partial charge in [-0.1, -0.05) is 35.5 Å². The van der Waals surface area contributed by atoms with E-state index in [1.807, 2.05) is 30.3 Å². The molecule has 1 amide bonds. The van der Waals surface area contributed by atoms with E-state index in [9.17, 15) is 13.2 Å². The van der Waals surface area contributed by atoms with E-state index < -0.39 is 22.0 Å². The Bertz CT molecular complexity index is 1190. The zero-order valence-electron chi connectivity index (χ0n) is 16.3. The van der Waals surface area contributed by atoms with Crippen LogP contribution in [0.2, 0.25) is 0 Å².